The molecule has 0 N–H and O–H groups in total. The lowest BCUT2D eigenvalue weighted by atomic mass is 9.91. The molecule has 31 heavy (non-hydrogen) atoms. The minimum atomic E-state index is -7.75. The number of hydrogen-bond donors (Lipinski definition) is 0. The number of rotatable bonds is 7. The van der Waals surface area contributed by atoms with E-state index in [1.165, 1.54) is 0 Å². The molecule has 1 aliphatic rings. The van der Waals surface area contributed by atoms with E-state index in [9.17, 15) is 69.9 Å². The Hall–Kier alpha value is 0.0900. The van der Waals surface area contributed by atoms with Gasteiger partial charge >= 0.3 is 59.8 Å². The third-order valence-electron chi connectivity index (χ3n) is 3.64. The summed E-state index contributed by atoms with van der Waals surface area (Å²) in [6.45, 7) is 0. The molecule has 186 valence electrons. The predicted molar refractivity (Wildman–Crippen MR) is 73.5 cm³/mol. The summed E-state index contributed by atoms with van der Waals surface area (Å²) in [7, 11) is -6.69. The van der Waals surface area contributed by atoms with Gasteiger partial charge in [-0.1, -0.05) is 34.8 Å². The van der Waals surface area contributed by atoms with Crippen LogP contribution in [0.25, 0.3) is 0 Å². The monoisotopic (exact) mass is 594 g/mol. The molecule has 0 aromatic carbocycles. The van der Waals surface area contributed by atoms with Crippen LogP contribution in [0.4, 0.5) is 61.5 Å². The van der Waals surface area contributed by atoms with E-state index in [2.05, 4.69) is 50.6 Å². The first-order valence-electron chi connectivity index (χ1n) is 6.31. The molecule has 0 spiro atoms. The largest absolute Gasteiger partial charge is 0.434 e. The second-order valence-electron chi connectivity index (χ2n) is 5.59. The minimum absolute atomic E-state index is 2.35. The third kappa shape index (κ3) is 3.13. The summed E-state index contributed by atoms with van der Waals surface area (Å²) in [6, 6.07) is 0. The summed E-state index contributed by atoms with van der Waals surface area (Å²) < 4.78 is 213. The third-order valence-corrected chi connectivity index (χ3v) is 6.77. The SMILES string of the molecule is O=S1(=O)OC(F)(C(F)(F)C(F)(Cl)C(F)(F)C(F)(Cl)C(F)(F)C(F)(Cl)C(F)(F)Cl)C1(F)F. The second-order valence-corrected chi connectivity index (χ2v) is 9.22. The first kappa shape index (κ1) is 29.1. The number of hydrogen-bond acceptors (Lipinski definition) is 3. The zero-order valence-corrected chi connectivity index (χ0v) is 16.8. The molecule has 1 fully saturated rings. The molecule has 0 amide bonds. The van der Waals surface area contributed by atoms with Gasteiger partial charge < -0.3 is 0 Å². The standard InChI is InChI=1S/C9Cl4F14O3S/c10-1(14,5(19,20)3(12,16)8(13,24)25)4(17,18)2(11,15)6(21,22)7(23)9(26,27)31(28,29)30-7. The van der Waals surface area contributed by atoms with E-state index in [0.717, 1.165) is 0 Å². The Morgan fingerprint density at radius 1 is 0.613 bits per heavy atom. The molecule has 4 unspecified atom stereocenters. The first-order valence-corrected chi connectivity index (χ1v) is 9.23. The van der Waals surface area contributed by atoms with Crippen LogP contribution in [0.1, 0.15) is 0 Å². The van der Waals surface area contributed by atoms with E-state index >= 15 is 0 Å². The minimum Gasteiger partial charge on any atom is -0.212 e. The molecule has 1 saturated heterocycles. The van der Waals surface area contributed by atoms with Gasteiger partial charge in [0, 0.05) is 0 Å². The molecule has 0 aromatic heterocycles. The fraction of sp³-hybridized carbons (Fsp3) is 1.00. The van der Waals surface area contributed by atoms with Gasteiger partial charge in [0.1, 0.15) is 0 Å². The van der Waals surface area contributed by atoms with Crippen LogP contribution in [0.5, 0.6) is 0 Å². The smallest absolute Gasteiger partial charge is 0.212 e. The Morgan fingerprint density at radius 3 is 1.19 bits per heavy atom. The van der Waals surface area contributed by atoms with Crippen LogP contribution in [-0.4, -0.2) is 58.1 Å². The van der Waals surface area contributed by atoms with E-state index in [-0.39, 0.29) is 0 Å². The molecule has 0 bridgehead atoms. The van der Waals surface area contributed by atoms with Gasteiger partial charge in [0.2, 0.25) is 0 Å². The van der Waals surface area contributed by atoms with Crippen molar-refractivity contribution in [1.82, 2.24) is 0 Å². The van der Waals surface area contributed by atoms with Gasteiger partial charge in [0.05, 0.1) is 0 Å². The average Bonchev–Trinajstić information content (AvgIpc) is 2.51. The zero-order valence-electron chi connectivity index (χ0n) is 12.9. The molecular weight excluding hydrogens is 596 g/mol. The van der Waals surface area contributed by atoms with E-state index in [1.54, 1.807) is 0 Å². The fourth-order valence-corrected chi connectivity index (χ4v) is 3.63. The highest BCUT2D eigenvalue weighted by molar-refractivity contribution is 7.89. The van der Waals surface area contributed by atoms with Crippen LogP contribution < -0.4 is 0 Å². The average molecular weight is 596 g/mol. The van der Waals surface area contributed by atoms with Gasteiger partial charge in [-0.05, 0) is 11.6 Å². The summed E-state index contributed by atoms with van der Waals surface area (Å²) in [5, 5.41) is -34.0. The van der Waals surface area contributed by atoms with Crippen LogP contribution >= 0.6 is 46.4 Å². The maximum absolute atomic E-state index is 14.0. The van der Waals surface area contributed by atoms with Gasteiger partial charge in [-0.2, -0.15) is 56.7 Å². The van der Waals surface area contributed by atoms with E-state index in [1.807, 2.05) is 0 Å². The van der Waals surface area contributed by atoms with Crippen LogP contribution in [-0.2, 0) is 14.3 Å². The van der Waals surface area contributed by atoms with Gasteiger partial charge in [0.15, 0.2) is 0 Å². The van der Waals surface area contributed by atoms with Crippen LogP contribution in [0.2, 0.25) is 0 Å². The van der Waals surface area contributed by atoms with E-state index in [4.69, 9.17) is 0 Å². The van der Waals surface area contributed by atoms with Gasteiger partial charge in [-0.3, -0.25) is 0 Å². The molecule has 0 radical (unpaired) electrons. The van der Waals surface area contributed by atoms with E-state index < -0.39 is 59.8 Å². The number of alkyl halides is 18. The molecule has 22 heteroatoms. The Morgan fingerprint density at radius 2 is 0.935 bits per heavy atom. The van der Waals surface area contributed by atoms with Crippen LogP contribution in [0, 0.1) is 0 Å². The Balaban J connectivity index is 3.71. The van der Waals surface area contributed by atoms with E-state index in [0.29, 0.717) is 0 Å². The first-order chi connectivity index (χ1) is 13.0. The molecular formula is C9Cl4F14O3S. The summed E-state index contributed by atoms with van der Waals surface area (Å²) in [6.07, 6.45) is 0. The highest BCUT2D eigenvalue weighted by Crippen LogP contribution is 2.69. The van der Waals surface area contributed by atoms with Crippen molar-refractivity contribution in [2.45, 2.75) is 49.6 Å². The summed E-state index contributed by atoms with van der Waals surface area (Å²) in [4.78, 5) is 0. The molecule has 4 atom stereocenters. The summed E-state index contributed by atoms with van der Waals surface area (Å²) >= 11 is 15.3. The van der Waals surface area contributed by atoms with Crippen LogP contribution in [0.15, 0.2) is 0 Å². The van der Waals surface area contributed by atoms with Crippen molar-refractivity contribution in [2.75, 3.05) is 0 Å². The molecule has 1 rings (SSSR count). The summed E-state index contributed by atoms with van der Waals surface area (Å²) in [5.41, 5.74) is 0. The predicted octanol–water partition coefficient (Wildman–Crippen LogP) is 6.06. The maximum Gasteiger partial charge on any atom is 0.434 e. The highest BCUT2D eigenvalue weighted by atomic mass is 35.5. The maximum atomic E-state index is 14.0. The van der Waals surface area contributed by atoms with Gasteiger partial charge in [-0.25, -0.2) is 17.4 Å². The van der Waals surface area contributed by atoms with Crippen molar-refractivity contribution < 1.29 is 74.1 Å². The Bertz CT molecular complexity index is 854. The van der Waals surface area contributed by atoms with Crippen molar-refractivity contribution >= 4 is 56.5 Å². The molecule has 0 aliphatic carbocycles. The Kier molecular flexibility index (Phi) is 6.41. The Labute approximate surface area is 180 Å². The normalized spacial score (nSPS) is 30.5. The lowest BCUT2D eigenvalue weighted by Gasteiger charge is -2.49. The molecule has 0 saturated carbocycles. The van der Waals surface area contributed by atoms with Crippen molar-refractivity contribution in [1.29, 1.82) is 0 Å². The quantitative estimate of drug-likeness (QED) is 0.204. The molecule has 1 heterocycles. The van der Waals surface area contributed by atoms with Crippen molar-refractivity contribution in [3.8, 4) is 0 Å². The van der Waals surface area contributed by atoms with Gasteiger partial charge in [0.25, 0.3) is 0 Å². The molecule has 3 nitrogen and oxygen atoms in total. The molecule has 1 aliphatic heterocycles. The highest BCUT2D eigenvalue weighted by Gasteiger charge is 2.98. The van der Waals surface area contributed by atoms with Crippen molar-refractivity contribution in [2.24, 2.45) is 0 Å². The fourth-order valence-electron chi connectivity index (χ4n) is 1.78. The molecule has 0 aromatic rings. The van der Waals surface area contributed by atoms with Crippen molar-refractivity contribution in [3.05, 3.63) is 0 Å². The zero-order chi connectivity index (χ0) is 25.7. The lowest BCUT2D eigenvalue weighted by molar-refractivity contribution is -0.388. The van der Waals surface area contributed by atoms with Crippen LogP contribution in [0.3, 0.4) is 0 Å². The number of halogens is 18. The second kappa shape index (κ2) is 6.82. The van der Waals surface area contributed by atoms with Crippen molar-refractivity contribution in [3.63, 3.8) is 0 Å². The lowest BCUT2D eigenvalue weighted by Crippen LogP contribution is -2.80. The van der Waals surface area contributed by atoms with Gasteiger partial charge in [-0.15, -0.1) is 0 Å². The summed E-state index contributed by atoms with van der Waals surface area (Å²) in [5.74, 6) is -29.4. The topological polar surface area (TPSA) is 43.4 Å².